The van der Waals surface area contributed by atoms with Crippen molar-refractivity contribution in [2.75, 3.05) is 6.61 Å². The number of halogens is 8. The number of rotatable bonds is 5. The van der Waals surface area contributed by atoms with E-state index < -0.39 is 58.1 Å². The third-order valence-corrected chi connectivity index (χ3v) is 7.02. The van der Waals surface area contributed by atoms with Crippen LogP contribution in [0.3, 0.4) is 0 Å². The first-order valence-electron chi connectivity index (χ1n) is 13.7. The molecule has 1 aliphatic rings. The Morgan fingerprint density at radius 1 is 0.783 bits per heavy atom. The van der Waals surface area contributed by atoms with Crippen molar-refractivity contribution in [3.05, 3.63) is 113 Å². The van der Waals surface area contributed by atoms with E-state index in [9.17, 15) is 39.9 Å². The average Bonchev–Trinajstić information content (AvgIpc) is 3.02. The van der Waals surface area contributed by atoms with Gasteiger partial charge in [-0.15, -0.1) is 0 Å². The second-order valence-electron chi connectivity index (χ2n) is 10.9. The quantitative estimate of drug-likeness (QED) is 0.0696. The number of carbonyl (C=O) groups excluding carboxylic acids is 1. The van der Waals surface area contributed by atoms with E-state index in [2.05, 4.69) is 0 Å². The lowest BCUT2D eigenvalue weighted by molar-refractivity contribution is -0.137. The zero-order valence-electron chi connectivity index (χ0n) is 24.5. The summed E-state index contributed by atoms with van der Waals surface area (Å²) >= 11 is 0.482. The lowest BCUT2D eigenvalue weighted by Gasteiger charge is -2.19. The highest BCUT2D eigenvalue weighted by atomic mass is 32.2. The number of hydrogen-bond donors (Lipinski definition) is 0. The number of ether oxygens (including phenoxy) is 2. The van der Waals surface area contributed by atoms with Gasteiger partial charge in [0.05, 0.1) is 34.7 Å². The number of esters is 1. The van der Waals surface area contributed by atoms with Crippen LogP contribution in [0, 0.1) is 29.1 Å². The minimum atomic E-state index is -4.38. The van der Waals surface area contributed by atoms with Crippen molar-refractivity contribution in [1.29, 1.82) is 0 Å². The van der Waals surface area contributed by atoms with Gasteiger partial charge in [-0.05, 0) is 86.7 Å². The molecule has 46 heavy (non-hydrogen) atoms. The molecule has 1 aliphatic heterocycles. The molecule has 0 amide bonds. The number of benzene rings is 4. The molecule has 4 aromatic rings. The van der Waals surface area contributed by atoms with Gasteiger partial charge in [0.15, 0.2) is 0 Å². The van der Waals surface area contributed by atoms with Crippen LogP contribution in [0.15, 0.2) is 71.6 Å². The van der Waals surface area contributed by atoms with Gasteiger partial charge in [0, 0.05) is 0 Å². The van der Waals surface area contributed by atoms with Gasteiger partial charge in [-0.2, -0.15) is 22.0 Å². The highest BCUT2D eigenvalue weighted by molar-refractivity contribution is 7.95. The summed E-state index contributed by atoms with van der Waals surface area (Å²) in [5.41, 5.74) is 1.08. The molecule has 0 atom stereocenters. The highest BCUT2D eigenvalue weighted by Crippen LogP contribution is 2.36. The minimum Gasteiger partial charge on any atom is -0.493 e. The number of carbonyl (C=O) groups is 1. The van der Waals surface area contributed by atoms with E-state index in [0.29, 0.717) is 46.0 Å². The van der Waals surface area contributed by atoms with Gasteiger partial charge in [-0.25, -0.2) is 18.0 Å². The molecule has 5 rings (SSSR count). The predicted molar refractivity (Wildman–Crippen MR) is 155 cm³/mol. The zero-order valence-corrected chi connectivity index (χ0v) is 25.4. The third-order valence-electron chi connectivity index (χ3n) is 6.32. The van der Waals surface area contributed by atoms with Gasteiger partial charge >= 0.3 is 12.1 Å². The van der Waals surface area contributed by atoms with Crippen LogP contribution in [0.1, 0.15) is 48.7 Å². The number of hydrogen-bond acceptors (Lipinski definition) is 5. The van der Waals surface area contributed by atoms with E-state index in [0.717, 1.165) is 30.5 Å². The van der Waals surface area contributed by atoms with E-state index in [4.69, 9.17) is 13.7 Å². The molecular weight excluding hydrogens is 644 g/mol. The average molecular weight is 671 g/mol. The van der Waals surface area contributed by atoms with Gasteiger partial charge in [0.25, 0.3) is 0 Å². The summed E-state index contributed by atoms with van der Waals surface area (Å²) in [5, 5.41) is 0. The van der Waals surface area contributed by atoms with Gasteiger partial charge in [-0.1, -0.05) is 30.3 Å². The van der Waals surface area contributed by atoms with Crippen LogP contribution < -0.4 is 8.92 Å². The maximum atomic E-state index is 13.5. The van der Waals surface area contributed by atoms with Crippen LogP contribution in [0.5, 0.6) is 11.5 Å². The Balaban J connectivity index is 0.000000209. The Kier molecular flexibility index (Phi) is 10.5. The SMILES string of the molecule is CC(C)(C)OC(=O)c1ccc(-c2cccc(C(F)(F)F)c2)cc1.Fc1c(F)c(F)c(OSc2ccc3c(c2)OCCC3)c(F)c1F. The molecule has 0 aromatic heterocycles. The van der Waals surface area contributed by atoms with Crippen molar-refractivity contribution in [2.24, 2.45) is 0 Å². The predicted octanol–water partition coefficient (Wildman–Crippen LogP) is 10.1. The molecule has 0 saturated carbocycles. The molecule has 0 aliphatic carbocycles. The molecule has 0 radical (unpaired) electrons. The van der Waals surface area contributed by atoms with Crippen LogP contribution >= 0.6 is 12.0 Å². The molecule has 0 spiro atoms. The van der Waals surface area contributed by atoms with Crippen LogP contribution in [-0.2, 0) is 17.3 Å². The molecule has 1 heterocycles. The maximum absolute atomic E-state index is 13.5. The monoisotopic (exact) mass is 670 g/mol. The topological polar surface area (TPSA) is 44.8 Å². The van der Waals surface area contributed by atoms with Crippen molar-refractivity contribution in [2.45, 2.75) is 50.3 Å². The standard InChI is InChI=1S/C18H17F3O2.C15H9F5O2S/c1-17(2,3)23-16(22)13-9-7-12(8-10-13)14-5-4-6-15(11-14)18(19,20)21;16-10-11(17)13(19)15(14(20)12(10)18)22-23-8-4-3-7-2-1-5-21-9(7)6-8/h4-11H,1-3H3;3-4,6H,1-2,5H2. The Morgan fingerprint density at radius 2 is 1.41 bits per heavy atom. The first-order chi connectivity index (χ1) is 21.5. The lowest BCUT2D eigenvalue weighted by Crippen LogP contribution is -2.23. The molecular formula is C33H26F8O4S. The lowest BCUT2D eigenvalue weighted by atomic mass is 10.0. The fourth-order valence-corrected chi connectivity index (χ4v) is 4.74. The third kappa shape index (κ3) is 8.51. The summed E-state index contributed by atoms with van der Waals surface area (Å²) in [7, 11) is 0. The molecule has 4 aromatic carbocycles. The Bertz CT molecular complexity index is 1690. The molecule has 0 fully saturated rings. The van der Waals surface area contributed by atoms with Crippen molar-refractivity contribution >= 4 is 18.0 Å². The Labute approximate surface area is 263 Å². The van der Waals surface area contributed by atoms with Gasteiger partial charge in [0.1, 0.15) is 11.4 Å². The summed E-state index contributed by atoms with van der Waals surface area (Å²) < 4.78 is 120. The van der Waals surface area contributed by atoms with Crippen LogP contribution in [0.2, 0.25) is 0 Å². The second-order valence-corrected chi connectivity index (χ2v) is 11.7. The first-order valence-corrected chi connectivity index (χ1v) is 14.4. The Morgan fingerprint density at radius 3 is 2.02 bits per heavy atom. The Hall–Kier alpha value is -4.26. The zero-order chi connectivity index (χ0) is 33.8. The summed E-state index contributed by atoms with van der Waals surface area (Å²) in [4.78, 5) is 12.3. The van der Waals surface area contributed by atoms with E-state index in [1.807, 2.05) is 0 Å². The minimum absolute atomic E-state index is 0.357. The number of alkyl halides is 3. The number of fused-ring (bicyclic) bond motifs is 1. The smallest absolute Gasteiger partial charge is 0.416 e. The van der Waals surface area contributed by atoms with Gasteiger partial charge in [-0.3, -0.25) is 0 Å². The molecule has 244 valence electrons. The van der Waals surface area contributed by atoms with Crippen LogP contribution in [0.25, 0.3) is 11.1 Å². The summed E-state index contributed by atoms with van der Waals surface area (Å²) in [6.45, 7) is 5.85. The molecule has 4 nitrogen and oxygen atoms in total. The summed E-state index contributed by atoms with van der Waals surface area (Å²) in [6, 6.07) is 16.3. The van der Waals surface area contributed by atoms with Gasteiger partial charge < -0.3 is 13.7 Å². The molecule has 0 saturated heterocycles. The first kappa shape index (κ1) is 34.6. The van der Waals surface area contributed by atoms with Crippen LogP contribution in [-0.4, -0.2) is 18.2 Å². The fourth-order valence-electron chi connectivity index (χ4n) is 4.13. The van der Waals surface area contributed by atoms with E-state index in [1.165, 1.54) is 6.07 Å². The summed E-state index contributed by atoms with van der Waals surface area (Å²) in [5.74, 6) is -11.5. The fraction of sp³-hybridized carbons (Fsp3) is 0.242. The van der Waals surface area contributed by atoms with Crippen molar-refractivity contribution in [3.8, 4) is 22.6 Å². The van der Waals surface area contributed by atoms with Crippen molar-refractivity contribution in [1.82, 2.24) is 0 Å². The van der Waals surface area contributed by atoms with Crippen molar-refractivity contribution < 1.29 is 53.6 Å². The van der Waals surface area contributed by atoms with Crippen molar-refractivity contribution in [3.63, 3.8) is 0 Å². The van der Waals surface area contributed by atoms with Gasteiger partial charge in [0.2, 0.25) is 34.8 Å². The van der Waals surface area contributed by atoms with Crippen LogP contribution in [0.4, 0.5) is 35.1 Å². The van der Waals surface area contributed by atoms with E-state index in [1.54, 1.807) is 69.3 Å². The largest absolute Gasteiger partial charge is 0.493 e. The molecule has 0 bridgehead atoms. The second kappa shape index (κ2) is 14.0. The molecule has 13 heteroatoms. The molecule has 0 unspecified atom stereocenters. The highest BCUT2D eigenvalue weighted by Gasteiger charge is 2.30. The maximum Gasteiger partial charge on any atom is 0.416 e. The van der Waals surface area contributed by atoms with E-state index >= 15 is 0 Å². The number of aryl methyl sites for hydroxylation is 1. The normalized spacial score (nSPS) is 12.8. The molecule has 0 N–H and O–H groups in total. The van der Waals surface area contributed by atoms with E-state index in [-0.39, 0.29) is 0 Å². The summed E-state index contributed by atoms with van der Waals surface area (Å²) in [6.07, 6.45) is -2.65.